The van der Waals surface area contributed by atoms with E-state index in [1.54, 1.807) is 4.90 Å². The number of hydrogen-bond donors (Lipinski definition) is 2. The van der Waals surface area contributed by atoms with Crippen molar-refractivity contribution in [1.82, 2.24) is 4.90 Å². The van der Waals surface area contributed by atoms with Gasteiger partial charge in [0.2, 0.25) is 0 Å². The van der Waals surface area contributed by atoms with Gasteiger partial charge in [0.15, 0.2) is 0 Å². The van der Waals surface area contributed by atoms with Crippen LogP contribution in [-0.4, -0.2) is 30.9 Å². The number of nitrogens with zero attached hydrogens (tertiary/aromatic N) is 3. The van der Waals surface area contributed by atoms with E-state index >= 15 is 0 Å². The molecule has 22 heavy (non-hydrogen) atoms. The summed E-state index contributed by atoms with van der Waals surface area (Å²) in [5.41, 5.74) is 16.6. The van der Waals surface area contributed by atoms with Crippen LogP contribution in [-0.2, 0) is 6.42 Å². The Kier molecular flexibility index (Phi) is 5.38. The SMILES string of the molecule is CN(C)/C(=N\N=N)[C@@H](N)Cc1ccc(-c2ccccc2)cc1. The summed E-state index contributed by atoms with van der Waals surface area (Å²) in [6.07, 6.45) is 0.654. The summed E-state index contributed by atoms with van der Waals surface area (Å²) in [6, 6.07) is 18.3. The molecule has 0 saturated heterocycles. The van der Waals surface area contributed by atoms with Gasteiger partial charge in [-0.15, -0.1) is 5.10 Å². The fourth-order valence-corrected chi connectivity index (χ4v) is 2.36. The lowest BCUT2D eigenvalue weighted by molar-refractivity contribution is 0.575. The summed E-state index contributed by atoms with van der Waals surface area (Å²) in [4.78, 5) is 1.79. The lowest BCUT2D eigenvalue weighted by Gasteiger charge is -2.20. The minimum absolute atomic E-state index is 0.285. The Morgan fingerprint density at radius 2 is 1.64 bits per heavy atom. The molecule has 0 aliphatic carbocycles. The molecule has 0 radical (unpaired) electrons. The molecule has 0 bridgehead atoms. The maximum Gasteiger partial charge on any atom is 0.146 e. The molecule has 1 atom stereocenters. The smallest absolute Gasteiger partial charge is 0.146 e. The fraction of sp³-hybridized carbons (Fsp3) is 0.235. The van der Waals surface area contributed by atoms with Crippen LogP contribution in [0.4, 0.5) is 0 Å². The van der Waals surface area contributed by atoms with Crippen LogP contribution >= 0.6 is 0 Å². The van der Waals surface area contributed by atoms with E-state index in [1.807, 2.05) is 32.3 Å². The number of nitrogens with one attached hydrogen (secondary N) is 1. The number of rotatable bonds is 5. The summed E-state index contributed by atoms with van der Waals surface area (Å²) in [5.74, 6) is 0.599. The van der Waals surface area contributed by atoms with Crippen LogP contribution in [0.25, 0.3) is 11.1 Å². The first-order valence-corrected chi connectivity index (χ1v) is 7.13. The normalized spacial score (nSPS) is 12.8. The molecule has 3 N–H and O–H groups in total. The van der Waals surface area contributed by atoms with E-state index in [9.17, 15) is 0 Å². The van der Waals surface area contributed by atoms with Crippen molar-refractivity contribution in [3.05, 3.63) is 60.2 Å². The van der Waals surface area contributed by atoms with E-state index in [4.69, 9.17) is 11.3 Å². The standard InChI is InChI=1S/C17H21N5/c1-22(2)17(20-21-19)16(18)12-13-8-10-15(11-9-13)14-6-4-3-5-7-14/h3-11,16,19H,12,18H2,1-2H3/b20-17-,21-19?/t16-/m0/s1. The van der Waals surface area contributed by atoms with Gasteiger partial charge in [0.05, 0.1) is 6.04 Å². The van der Waals surface area contributed by atoms with Gasteiger partial charge in [-0.1, -0.05) is 59.8 Å². The second kappa shape index (κ2) is 7.47. The van der Waals surface area contributed by atoms with Crippen molar-refractivity contribution in [2.24, 2.45) is 16.1 Å². The van der Waals surface area contributed by atoms with Crippen LogP contribution < -0.4 is 5.73 Å². The van der Waals surface area contributed by atoms with Gasteiger partial charge < -0.3 is 10.6 Å². The number of likely N-dealkylation sites (N-methyl/N-ethyl adjacent to an activating group) is 1. The van der Waals surface area contributed by atoms with Crippen molar-refractivity contribution in [2.75, 3.05) is 14.1 Å². The Hall–Kier alpha value is -2.53. The Bertz CT molecular complexity index is 632. The van der Waals surface area contributed by atoms with E-state index < -0.39 is 0 Å². The number of amidine groups is 1. The predicted molar refractivity (Wildman–Crippen MR) is 89.8 cm³/mol. The van der Waals surface area contributed by atoms with Gasteiger partial charge in [-0.2, -0.15) is 5.53 Å². The molecule has 0 aromatic heterocycles. The highest BCUT2D eigenvalue weighted by atomic mass is 15.4. The van der Waals surface area contributed by atoms with Crippen molar-refractivity contribution in [3.8, 4) is 11.1 Å². The van der Waals surface area contributed by atoms with E-state index in [2.05, 4.69) is 46.7 Å². The van der Waals surface area contributed by atoms with Crippen LogP contribution in [0.3, 0.4) is 0 Å². The maximum atomic E-state index is 6.88. The third-order valence-corrected chi connectivity index (χ3v) is 3.46. The zero-order valence-corrected chi connectivity index (χ0v) is 12.9. The molecule has 0 saturated carbocycles. The van der Waals surface area contributed by atoms with Gasteiger partial charge in [0.25, 0.3) is 0 Å². The number of benzene rings is 2. The molecule has 0 unspecified atom stereocenters. The molecule has 0 heterocycles. The summed E-state index contributed by atoms with van der Waals surface area (Å²) < 4.78 is 0. The van der Waals surface area contributed by atoms with Crippen molar-refractivity contribution < 1.29 is 0 Å². The third-order valence-electron chi connectivity index (χ3n) is 3.46. The molecule has 2 aromatic carbocycles. The molecule has 0 spiro atoms. The average molecular weight is 295 g/mol. The highest BCUT2D eigenvalue weighted by Gasteiger charge is 2.14. The van der Waals surface area contributed by atoms with Gasteiger partial charge in [-0.05, 0) is 23.1 Å². The Labute approximate surface area is 131 Å². The highest BCUT2D eigenvalue weighted by Crippen LogP contribution is 2.19. The lowest BCUT2D eigenvalue weighted by atomic mass is 10.0. The monoisotopic (exact) mass is 295 g/mol. The summed E-state index contributed by atoms with van der Waals surface area (Å²) in [5, 5.41) is 6.88. The van der Waals surface area contributed by atoms with Crippen LogP contribution in [0.5, 0.6) is 0 Å². The van der Waals surface area contributed by atoms with Crippen molar-refractivity contribution in [2.45, 2.75) is 12.5 Å². The van der Waals surface area contributed by atoms with Crippen LogP contribution in [0.15, 0.2) is 64.9 Å². The zero-order chi connectivity index (χ0) is 15.9. The van der Waals surface area contributed by atoms with Crippen LogP contribution in [0.1, 0.15) is 5.56 Å². The van der Waals surface area contributed by atoms with Gasteiger partial charge in [0.1, 0.15) is 5.84 Å². The quantitative estimate of drug-likeness (QED) is 0.385. The summed E-state index contributed by atoms with van der Waals surface area (Å²) in [6.45, 7) is 0. The summed E-state index contributed by atoms with van der Waals surface area (Å²) >= 11 is 0. The maximum absolute atomic E-state index is 6.88. The van der Waals surface area contributed by atoms with Crippen molar-refractivity contribution in [1.29, 1.82) is 5.53 Å². The molecule has 0 aliphatic heterocycles. The molecule has 5 nitrogen and oxygen atoms in total. The van der Waals surface area contributed by atoms with Gasteiger partial charge in [-0.3, -0.25) is 0 Å². The molecule has 0 aliphatic rings. The molecule has 114 valence electrons. The molecule has 0 amide bonds. The summed E-state index contributed by atoms with van der Waals surface area (Å²) in [7, 11) is 3.70. The highest BCUT2D eigenvalue weighted by molar-refractivity contribution is 5.87. The largest absolute Gasteiger partial charge is 0.363 e. The van der Waals surface area contributed by atoms with Gasteiger partial charge >= 0.3 is 0 Å². The Morgan fingerprint density at radius 1 is 1.05 bits per heavy atom. The first-order valence-electron chi connectivity index (χ1n) is 7.13. The molecule has 2 aromatic rings. The first-order chi connectivity index (χ1) is 10.6. The van der Waals surface area contributed by atoms with Crippen LogP contribution in [0, 0.1) is 5.53 Å². The Morgan fingerprint density at radius 3 is 2.18 bits per heavy atom. The Balaban J connectivity index is 2.11. The minimum Gasteiger partial charge on any atom is -0.363 e. The topological polar surface area (TPSA) is 77.8 Å². The number of nitrogens with two attached hydrogens (primary N) is 1. The van der Waals surface area contributed by atoms with E-state index in [0.717, 1.165) is 5.56 Å². The van der Waals surface area contributed by atoms with Crippen molar-refractivity contribution in [3.63, 3.8) is 0 Å². The van der Waals surface area contributed by atoms with E-state index in [-0.39, 0.29) is 6.04 Å². The van der Waals surface area contributed by atoms with Crippen molar-refractivity contribution >= 4 is 5.84 Å². The third kappa shape index (κ3) is 3.99. The molecule has 0 fully saturated rings. The lowest BCUT2D eigenvalue weighted by Crippen LogP contribution is -2.41. The first kappa shape index (κ1) is 15.9. The molecular weight excluding hydrogens is 274 g/mol. The zero-order valence-electron chi connectivity index (χ0n) is 12.9. The molecule has 2 rings (SSSR count). The van der Waals surface area contributed by atoms with Gasteiger partial charge in [-0.25, -0.2) is 0 Å². The van der Waals surface area contributed by atoms with E-state index in [0.29, 0.717) is 12.3 Å². The minimum atomic E-state index is -0.285. The second-order valence-electron chi connectivity index (χ2n) is 5.33. The number of hydrogen-bond acceptors (Lipinski definition) is 3. The predicted octanol–water partition coefficient (Wildman–Crippen LogP) is 3.13. The second-order valence-corrected chi connectivity index (χ2v) is 5.33. The van der Waals surface area contributed by atoms with Crippen LogP contribution in [0.2, 0.25) is 0 Å². The van der Waals surface area contributed by atoms with Gasteiger partial charge in [0, 0.05) is 14.1 Å². The average Bonchev–Trinajstić information content (AvgIpc) is 2.53. The van der Waals surface area contributed by atoms with E-state index in [1.165, 1.54) is 11.1 Å². The fourth-order valence-electron chi connectivity index (χ4n) is 2.36. The molecular formula is C17H21N5. The molecule has 5 heteroatoms.